The van der Waals surface area contributed by atoms with Gasteiger partial charge in [0.05, 0.1) is 24.8 Å². The Morgan fingerprint density at radius 1 is 1.59 bits per heavy atom. The first kappa shape index (κ1) is 12.6. The molecule has 4 nitrogen and oxygen atoms in total. The third kappa shape index (κ3) is 2.71. The number of nitrogens with zero attached hydrogens (tertiary/aromatic N) is 1. The molecule has 1 aromatic carbocycles. The van der Waals surface area contributed by atoms with Crippen LogP contribution in [0.4, 0.5) is 0 Å². The fourth-order valence-electron chi connectivity index (χ4n) is 1.86. The van der Waals surface area contributed by atoms with Crippen molar-refractivity contribution in [2.75, 3.05) is 19.8 Å². The zero-order valence-electron chi connectivity index (χ0n) is 9.52. The van der Waals surface area contributed by atoms with Crippen LogP contribution < -0.4 is 0 Å². The summed E-state index contributed by atoms with van der Waals surface area (Å²) in [6, 6.07) is 5.09. The van der Waals surface area contributed by atoms with Crippen LogP contribution >= 0.6 is 22.6 Å². The molecule has 1 aromatic rings. The first-order valence-electron chi connectivity index (χ1n) is 5.47. The van der Waals surface area contributed by atoms with Gasteiger partial charge in [-0.05, 0) is 47.7 Å². The monoisotopic (exact) mass is 347 g/mol. The van der Waals surface area contributed by atoms with Crippen molar-refractivity contribution in [1.29, 1.82) is 0 Å². The van der Waals surface area contributed by atoms with Crippen molar-refractivity contribution in [2.45, 2.75) is 13.0 Å². The molecule has 0 bridgehead atoms. The van der Waals surface area contributed by atoms with Gasteiger partial charge in [-0.1, -0.05) is 0 Å². The van der Waals surface area contributed by atoms with E-state index in [0.29, 0.717) is 25.3 Å². The van der Waals surface area contributed by atoms with Crippen LogP contribution in [0.5, 0.6) is 5.75 Å². The molecule has 0 spiro atoms. The fourth-order valence-corrected chi connectivity index (χ4v) is 2.35. The summed E-state index contributed by atoms with van der Waals surface area (Å²) >= 11 is 2.13. The lowest BCUT2D eigenvalue weighted by Crippen LogP contribution is -2.47. The van der Waals surface area contributed by atoms with Crippen molar-refractivity contribution in [1.82, 2.24) is 4.90 Å². The maximum absolute atomic E-state index is 12.3. The molecule has 92 valence electrons. The summed E-state index contributed by atoms with van der Waals surface area (Å²) in [5.74, 6) is -0.0917. The summed E-state index contributed by atoms with van der Waals surface area (Å²) < 4.78 is 6.23. The second-order valence-electron chi connectivity index (χ2n) is 4.08. The van der Waals surface area contributed by atoms with Gasteiger partial charge < -0.3 is 14.7 Å². The van der Waals surface area contributed by atoms with E-state index in [4.69, 9.17) is 4.74 Å². The lowest BCUT2D eigenvalue weighted by molar-refractivity contribution is 0.00344. The Labute approximate surface area is 114 Å². The third-order valence-electron chi connectivity index (χ3n) is 2.82. The molecule has 1 aliphatic heterocycles. The molecule has 1 saturated heterocycles. The summed E-state index contributed by atoms with van der Waals surface area (Å²) in [5, 5.41) is 9.74. The average molecular weight is 347 g/mol. The van der Waals surface area contributed by atoms with Gasteiger partial charge in [0, 0.05) is 10.1 Å². The van der Waals surface area contributed by atoms with Gasteiger partial charge in [-0.3, -0.25) is 4.79 Å². The zero-order chi connectivity index (χ0) is 12.4. The number of phenolic OH excluding ortho intramolecular Hbond substituents is 1. The first-order valence-corrected chi connectivity index (χ1v) is 6.54. The third-order valence-corrected chi connectivity index (χ3v) is 3.49. The standard InChI is InChI=1S/C12H14INO3/c1-8-7-17-5-4-14(8)12(16)10-6-9(13)2-3-11(10)15/h2-3,6,8,15H,4-5,7H2,1H3. The van der Waals surface area contributed by atoms with Crippen molar-refractivity contribution in [3.63, 3.8) is 0 Å². The highest BCUT2D eigenvalue weighted by Crippen LogP contribution is 2.23. The molecule has 1 heterocycles. The Hall–Kier alpha value is -0.820. The van der Waals surface area contributed by atoms with E-state index in [1.807, 2.05) is 6.92 Å². The summed E-state index contributed by atoms with van der Waals surface area (Å²) in [4.78, 5) is 14.0. The van der Waals surface area contributed by atoms with E-state index in [1.165, 1.54) is 0 Å². The molecule has 1 unspecified atom stereocenters. The minimum Gasteiger partial charge on any atom is -0.507 e. The minimum absolute atomic E-state index is 0.0362. The van der Waals surface area contributed by atoms with E-state index >= 15 is 0 Å². The first-order chi connectivity index (χ1) is 8.09. The zero-order valence-corrected chi connectivity index (χ0v) is 11.7. The molecule has 0 aromatic heterocycles. The number of hydrogen-bond donors (Lipinski definition) is 1. The van der Waals surface area contributed by atoms with E-state index in [2.05, 4.69) is 22.6 Å². The second-order valence-corrected chi connectivity index (χ2v) is 5.33. The number of phenols is 1. The number of ether oxygens (including phenoxy) is 1. The smallest absolute Gasteiger partial charge is 0.258 e. The molecule has 0 radical (unpaired) electrons. The number of benzene rings is 1. The number of morpholine rings is 1. The number of carbonyl (C=O) groups excluding carboxylic acids is 1. The summed E-state index contributed by atoms with van der Waals surface area (Å²) in [6.07, 6.45) is 0. The lowest BCUT2D eigenvalue weighted by Gasteiger charge is -2.33. The van der Waals surface area contributed by atoms with E-state index in [1.54, 1.807) is 23.1 Å². The van der Waals surface area contributed by atoms with Crippen LogP contribution in [0, 0.1) is 3.57 Å². The van der Waals surface area contributed by atoms with Crippen LogP contribution in [-0.4, -0.2) is 41.7 Å². The average Bonchev–Trinajstić information content (AvgIpc) is 2.32. The number of carbonyl (C=O) groups is 1. The van der Waals surface area contributed by atoms with Crippen LogP contribution in [0.15, 0.2) is 18.2 Å². The highest BCUT2D eigenvalue weighted by molar-refractivity contribution is 14.1. The van der Waals surface area contributed by atoms with Crippen LogP contribution in [0.3, 0.4) is 0 Å². The Balaban J connectivity index is 2.26. The van der Waals surface area contributed by atoms with Gasteiger partial charge in [-0.15, -0.1) is 0 Å². The van der Waals surface area contributed by atoms with E-state index < -0.39 is 0 Å². The Morgan fingerprint density at radius 3 is 3.06 bits per heavy atom. The van der Waals surface area contributed by atoms with E-state index in [9.17, 15) is 9.90 Å². The topological polar surface area (TPSA) is 49.8 Å². The predicted octanol–water partition coefficient (Wildman–Crippen LogP) is 1.86. The maximum Gasteiger partial charge on any atom is 0.258 e. The molecule has 1 amide bonds. The van der Waals surface area contributed by atoms with Crippen LogP contribution in [0.2, 0.25) is 0 Å². The number of rotatable bonds is 1. The molecule has 17 heavy (non-hydrogen) atoms. The van der Waals surface area contributed by atoms with Crippen molar-refractivity contribution in [3.05, 3.63) is 27.3 Å². The van der Waals surface area contributed by atoms with Gasteiger partial charge in [-0.25, -0.2) is 0 Å². The van der Waals surface area contributed by atoms with Gasteiger partial charge in [0.1, 0.15) is 5.75 Å². The minimum atomic E-state index is -0.128. The quantitative estimate of drug-likeness (QED) is 0.789. The fraction of sp³-hybridized carbons (Fsp3) is 0.417. The van der Waals surface area contributed by atoms with E-state index in [-0.39, 0.29) is 17.7 Å². The number of hydrogen-bond acceptors (Lipinski definition) is 3. The lowest BCUT2D eigenvalue weighted by atomic mass is 10.1. The van der Waals surface area contributed by atoms with Crippen molar-refractivity contribution >= 4 is 28.5 Å². The highest BCUT2D eigenvalue weighted by Gasteiger charge is 2.26. The maximum atomic E-state index is 12.3. The van der Waals surface area contributed by atoms with Gasteiger partial charge in [0.25, 0.3) is 5.91 Å². The van der Waals surface area contributed by atoms with Crippen molar-refractivity contribution in [2.24, 2.45) is 0 Å². The van der Waals surface area contributed by atoms with Gasteiger partial charge in [-0.2, -0.15) is 0 Å². The molecule has 1 N–H and O–H groups in total. The van der Waals surface area contributed by atoms with Gasteiger partial charge >= 0.3 is 0 Å². The van der Waals surface area contributed by atoms with Crippen molar-refractivity contribution in [3.8, 4) is 5.75 Å². The predicted molar refractivity (Wildman–Crippen MR) is 72.1 cm³/mol. The van der Waals surface area contributed by atoms with E-state index in [0.717, 1.165) is 3.57 Å². The number of amides is 1. The summed E-state index contributed by atoms with van der Waals surface area (Å²) in [7, 11) is 0. The Bertz CT molecular complexity index is 436. The molecular weight excluding hydrogens is 333 g/mol. The van der Waals surface area contributed by atoms with Crippen LogP contribution in [-0.2, 0) is 4.74 Å². The molecule has 1 fully saturated rings. The Morgan fingerprint density at radius 2 is 2.35 bits per heavy atom. The highest BCUT2D eigenvalue weighted by atomic mass is 127. The normalized spacial score (nSPS) is 20.4. The largest absolute Gasteiger partial charge is 0.507 e. The van der Waals surface area contributed by atoms with Crippen LogP contribution in [0.1, 0.15) is 17.3 Å². The summed E-state index contributed by atoms with van der Waals surface area (Å²) in [6.45, 7) is 3.63. The molecule has 0 aliphatic carbocycles. The molecule has 0 saturated carbocycles. The van der Waals surface area contributed by atoms with Gasteiger partial charge in [0.2, 0.25) is 0 Å². The molecule has 5 heteroatoms. The number of aromatic hydroxyl groups is 1. The SMILES string of the molecule is CC1COCCN1C(=O)c1cc(I)ccc1O. The summed E-state index contributed by atoms with van der Waals surface area (Å²) in [5.41, 5.74) is 0.366. The van der Waals surface area contributed by atoms with Crippen LogP contribution in [0.25, 0.3) is 0 Å². The molecule has 1 atom stereocenters. The molecule has 2 rings (SSSR count). The van der Waals surface area contributed by atoms with Gasteiger partial charge in [0.15, 0.2) is 0 Å². The second kappa shape index (κ2) is 5.22. The molecule has 1 aliphatic rings. The molecular formula is C12H14INO3. The Kier molecular flexibility index (Phi) is 3.88. The van der Waals surface area contributed by atoms with Crippen molar-refractivity contribution < 1.29 is 14.6 Å². The number of halogens is 1.